The van der Waals surface area contributed by atoms with Crippen molar-refractivity contribution in [2.75, 3.05) is 0 Å². The molecular weight excluding hydrogens is 215 g/mol. The molecule has 0 fully saturated rings. The van der Waals surface area contributed by atoms with E-state index in [0.29, 0.717) is 0 Å². The summed E-state index contributed by atoms with van der Waals surface area (Å²) in [5.74, 6) is 1.84. The summed E-state index contributed by atoms with van der Waals surface area (Å²) in [4.78, 5) is 0. The van der Waals surface area contributed by atoms with Gasteiger partial charge in [-0.15, -0.1) is 0 Å². The standard InChI is InChI=1S/C10H22.2ClH.Mg/c1-5-10(4)8-6-7-9(2)3;;;/h9-10H,5-8H2,1-4H3;2*1H;/q;;;+2/p-2. The molecule has 0 spiro atoms. The van der Waals surface area contributed by atoms with Crippen LogP contribution in [-0.2, 0) is 0 Å². The van der Waals surface area contributed by atoms with E-state index in [-0.39, 0.29) is 47.9 Å². The number of rotatable bonds is 5. The summed E-state index contributed by atoms with van der Waals surface area (Å²) in [5, 5.41) is 0. The van der Waals surface area contributed by atoms with E-state index >= 15 is 0 Å². The molecule has 0 rings (SSSR count). The maximum atomic E-state index is 2.35. The van der Waals surface area contributed by atoms with Gasteiger partial charge in [0.1, 0.15) is 0 Å². The SMILES string of the molecule is CCC(C)CCCC(C)C.[Cl-].[Cl-].[Mg+2]. The molecule has 0 saturated carbocycles. The Morgan fingerprint density at radius 2 is 1.38 bits per heavy atom. The van der Waals surface area contributed by atoms with E-state index in [2.05, 4.69) is 27.7 Å². The molecule has 0 nitrogen and oxygen atoms in total. The van der Waals surface area contributed by atoms with E-state index < -0.39 is 0 Å². The van der Waals surface area contributed by atoms with Gasteiger partial charge in [0.15, 0.2) is 0 Å². The molecule has 13 heavy (non-hydrogen) atoms. The van der Waals surface area contributed by atoms with Crippen molar-refractivity contribution in [3.05, 3.63) is 0 Å². The van der Waals surface area contributed by atoms with Gasteiger partial charge in [0.2, 0.25) is 0 Å². The molecule has 0 aliphatic rings. The smallest absolute Gasteiger partial charge is 1.00 e. The third-order valence-corrected chi connectivity index (χ3v) is 2.18. The summed E-state index contributed by atoms with van der Waals surface area (Å²) in [7, 11) is 0. The van der Waals surface area contributed by atoms with E-state index in [1.165, 1.54) is 25.7 Å². The second-order valence-corrected chi connectivity index (χ2v) is 3.84. The van der Waals surface area contributed by atoms with Gasteiger partial charge in [0.05, 0.1) is 0 Å². The molecule has 0 aliphatic heterocycles. The van der Waals surface area contributed by atoms with Crippen LogP contribution in [0.1, 0.15) is 53.4 Å². The minimum absolute atomic E-state index is 0. The molecule has 0 aromatic heterocycles. The Balaban J connectivity index is -0.000000135. The summed E-state index contributed by atoms with van der Waals surface area (Å²) in [6.45, 7) is 9.23. The molecule has 0 bridgehead atoms. The van der Waals surface area contributed by atoms with Crippen molar-refractivity contribution in [1.29, 1.82) is 0 Å². The Bertz CT molecular complexity index is 77.3. The average molecular weight is 237 g/mol. The maximum absolute atomic E-state index is 2.35. The quantitative estimate of drug-likeness (QED) is 0.463. The molecular formula is C10H22Cl2Mg. The maximum Gasteiger partial charge on any atom is 2.00 e. The molecule has 0 heterocycles. The number of hydrogen-bond acceptors (Lipinski definition) is 0. The van der Waals surface area contributed by atoms with E-state index in [0.717, 1.165) is 11.8 Å². The fourth-order valence-corrected chi connectivity index (χ4v) is 1.08. The zero-order valence-electron chi connectivity index (χ0n) is 9.45. The monoisotopic (exact) mass is 236 g/mol. The first-order chi connectivity index (χ1) is 4.66. The summed E-state index contributed by atoms with van der Waals surface area (Å²) >= 11 is 0. The van der Waals surface area contributed by atoms with Crippen molar-refractivity contribution in [3.63, 3.8) is 0 Å². The molecule has 3 heteroatoms. The van der Waals surface area contributed by atoms with Crippen LogP contribution in [0.15, 0.2) is 0 Å². The largest absolute Gasteiger partial charge is 2.00 e. The van der Waals surface area contributed by atoms with Gasteiger partial charge in [-0.2, -0.15) is 0 Å². The van der Waals surface area contributed by atoms with E-state index in [1.807, 2.05) is 0 Å². The van der Waals surface area contributed by atoms with Crippen LogP contribution < -0.4 is 24.8 Å². The molecule has 1 unspecified atom stereocenters. The first-order valence-electron chi connectivity index (χ1n) is 4.66. The van der Waals surface area contributed by atoms with Gasteiger partial charge in [0.25, 0.3) is 0 Å². The van der Waals surface area contributed by atoms with E-state index in [4.69, 9.17) is 0 Å². The molecule has 0 aliphatic carbocycles. The van der Waals surface area contributed by atoms with Gasteiger partial charge < -0.3 is 24.8 Å². The minimum atomic E-state index is 0. The third-order valence-electron chi connectivity index (χ3n) is 2.18. The molecule has 0 radical (unpaired) electrons. The van der Waals surface area contributed by atoms with Crippen LogP contribution >= 0.6 is 0 Å². The van der Waals surface area contributed by atoms with Crippen LogP contribution in [0.5, 0.6) is 0 Å². The fourth-order valence-electron chi connectivity index (χ4n) is 1.08. The van der Waals surface area contributed by atoms with Gasteiger partial charge in [-0.05, 0) is 11.8 Å². The molecule has 0 aromatic carbocycles. The van der Waals surface area contributed by atoms with Crippen molar-refractivity contribution in [1.82, 2.24) is 0 Å². The Morgan fingerprint density at radius 3 is 1.69 bits per heavy atom. The van der Waals surface area contributed by atoms with Crippen molar-refractivity contribution in [3.8, 4) is 0 Å². The van der Waals surface area contributed by atoms with Gasteiger partial charge in [0, 0.05) is 0 Å². The topological polar surface area (TPSA) is 0 Å². The Labute approximate surface area is 113 Å². The molecule has 0 aromatic rings. The summed E-state index contributed by atoms with van der Waals surface area (Å²) in [6, 6.07) is 0. The van der Waals surface area contributed by atoms with E-state index in [1.54, 1.807) is 0 Å². The van der Waals surface area contributed by atoms with Crippen LogP contribution in [-0.4, -0.2) is 23.1 Å². The molecule has 78 valence electrons. The first-order valence-corrected chi connectivity index (χ1v) is 4.66. The molecule has 0 N–H and O–H groups in total. The van der Waals surface area contributed by atoms with Gasteiger partial charge in [-0.25, -0.2) is 0 Å². The van der Waals surface area contributed by atoms with Crippen LogP contribution in [0, 0.1) is 11.8 Å². The van der Waals surface area contributed by atoms with Crippen molar-refractivity contribution in [2.45, 2.75) is 53.4 Å². The average Bonchev–Trinajstić information content (AvgIpc) is 1.87. The predicted molar refractivity (Wildman–Crippen MR) is 53.9 cm³/mol. The molecule has 0 saturated heterocycles. The first kappa shape index (κ1) is 23.9. The Morgan fingerprint density at radius 1 is 0.923 bits per heavy atom. The van der Waals surface area contributed by atoms with Crippen LogP contribution in [0.2, 0.25) is 0 Å². The zero-order chi connectivity index (χ0) is 7.98. The normalized spacial score (nSPS) is 10.8. The van der Waals surface area contributed by atoms with Gasteiger partial charge >= 0.3 is 23.1 Å². The second kappa shape index (κ2) is 15.8. The van der Waals surface area contributed by atoms with Crippen molar-refractivity contribution < 1.29 is 24.8 Å². The van der Waals surface area contributed by atoms with Gasteiger partial charge in [-0.1, -0.05) is 53.4 Å². The molecule has 0 amide bonds. The predicted octanol–water partition coefficient (Wildman–Crippen LogP) is -2.51. The summed E-state index contributed by atoms with van der Waals surface area (Å²) in [5.41, 5.74) is 0. The Hall–Kier alpha value is 1.35. The van der Waals surface area contributed by atoms with Gasteiger partial charge in [-0.3, -0.25) is 0 Å². The third kappa shape index (κ3) is 19.7. The zero-order valence-corrected chi connectivity index (χ0v) is 12.4. The number of hydrogen-bond donors (Lipinski definition) is 0. The van der Waals surface area contributed by atoms with Crippen LogP contribution in [0.25, 0.3) is 0 Å². The summed E-state index contributed by atoms with van der Waals surface area (Å²) in [6.07, 6.45) is 5.60. The van der Waals surface area contributed by atoms with Crippen molar-refractivity contribution >= 4 is 23.1 Å². The number of halogens is 2. The van der Waals surface area contributed by atoms with Crippen molar-refractivity contribution in [2.24, 2.45) is 11.8 Å². The van der Waals surface area contributed by atoms with Crippen LogP contribution in [0.4, 0.5) is 0 Å². The Kier molecular flexibility index (Phi) is 29.0. The van der Waals surface area contributed by atoms with Crippen LogP contribution in [0.3, 0.4) is 0 Å². The summed E-state index contributed by atoms with van der Waals surface area (Å²) < 4.78 is 0. The fraction of sp³-hybridized carbons (Fsp3) is 1.00. The minimum Gasteiger partial charge on any atom is -1.00 e. The van der Waals surface area contributed by atoms with E-state index in [9.17, 15) is 0 Å². The second-order valence-electron chi connectivity index (χ2n) is 3.84. The molecule has 1 atom stereocenters.